The van der Waals surface area contributed by atoms with Crippen LogP contribution < -0.4 is 5.32 Å². The summed E-state index contributed by atoms with van der Waals surface area (Å²) in [6.07, 6.45) is 11.6. The fourth-order valence-electron chi connectivity index (χ4n) is 4.13. The van der Waals surface area contributed by atoms with Gasteiger partial charge >= 0.3 is 0 Å². The molecule has 2 rings (SSSR count). The lowest BCUT2D eigenvalue weighted by molar-refractivity contribution is 0.0903. The standard InChI is InChI=1S/C20H39N/c1-15(2)7-6-8-16-13-18(20(3,4)5)10-9-17(16)14-21-19-11-12-19/h15-19,21H,6-14H2,1-5H3. The highest BCUT2D eigenvalue weighted by molar-refractivity contribution is 4.89. The molecule has 2 aliphatic rings. The Bertz CT molecular complexity index is 297. The molecule has 2 aliphatic carbocycles. The highest BCUT2D eigenvalue weighted by Gasteiger charge is 2.36. The molecule has 0 bridgehead atoms. The largest absolute Gasteiger partial charge is 0.314 e. The topological polar surface area (TPSA) is 12.0 Å². The molecule has 0 amide bonds. The van der Waals surface area contributed by atoms with Gasteiger partial charge in [-0.2, -0.15) is 0 Å². The predicted octanol–water partition coefficient (Wildman–Crippen LogP) is 5.64. The van der Waals surface area contributed by atoms with Gasteiger partial charge in [0.05, 0.1) is 0 Å². The molecule has 0 spiro atoms. The van der Waals surface area contributed by atoms with Crippen LogP contribution in [0.3, 0.4) is 0 Å². The quantitative estimate of drug-likeness (QED) is 0.640. The predicted molar refractivity (Wildman–Crippen MR) is 93.5 cm³/mol. The van der Waals surface area contributed by atoms with Gasteiger partial charge in [0, 0.05) is 6.04 Å². The molecule has 1 heteroatoms. The monoisotopic (exact) mass is 293 g/mol. The lowest BCUT2D eigenvalue weighted by Crippen LogP contribution is -2.37. The van der Waals surface area contributed by atoms with Crippen molar-refractivity contribution >= 4 is 0 Å². The van der Waals surface area contributed by atoms with Crippen LogP contribution in [0.5, 0.6) is 0 Å². The minimum Gasteiger partial charge on any atom is -0.314 e. The van der Waals surface area contributed by atoms with E-state index in [1.54, 1.807) is 0 Å². The van der Waals surface area contributed by atoms with Crippen LogP contribution in [0, 0.1) is 29.1 Å². The van der Waals surface area contributed by atoms with Gasteiger partial charge in [0.25, 0.3) is 0 Å². The lowest BCUT2D eigenvalue weighted by atomic mass is 9.64. The van der Waals surface area contributed by atoms with Gasteiger partial charge in [0.2, 0.25) is 0 Å². The number of rotatable bonds is 7. The van der Waals surface area contributed by atoms with Gasteiger partial charge in [-0.05, 0) is 67.7 Å². The molecule has 124 valence electrons. The number of hydrogen-bond donors (Lipinski definition) is 1. The van der Waals surface area contributed by atoms with Gasteiger partial charge < -0.3 is 5.32 Å². The van der Waals surface area contributed by atoms with Crippen LogP contribution in [0.15, 0.2) is 0 Å². The van der Waals surface area contributed by atoms with Crippen molar-refractivity contribution in [3.05, 3.63) is 0 Å². The maximum absolute atomic E-state index is 3.81. The van der Waals surface area contributed by atoms with E-state index >= 15 is 0 Å². The van der Waals surface area contributed by atoms with E-state index in [-0.39, 0.29) is 0 Å². The van der Waals surface area contributed by atoms with Crippen molar-refractivity contribution in [1.82, 2.24) is 5.32 Å². The average molecular weight is 294 g/mol. The van der Waals surface area contributed by atoms with Crippen LogP contribution in [0.25, 0.3) is 0 Å². The Kier molecular flexibility index (Phi) is 6.17. The summed E-state index contributed by atoms with van der Waals surface area (Å²) in [7, 11) is 0. The Morgan fingerprint density at radius 3 is 2.29 bits per heavy atom. The summed E-state index contributed by atoms with van der Waals surface area (Å²) in [5.74, 6) is 3.75. The van der Waals surface area contributed by atoms with Crippen LogP contribution in [-0.4, -0.2) is 12.6 Å². The summed E-state index contributed by atoms with van der Waals surface area (Å²) in [5.41, 5.74) is 0.505. The maximum atomic E-state index is 3.81. The summed E-state index contributed by atoms with van der Waals surface area (Å²) in [6.45, 7) is 13.4. The first-order valence-corrected chi connectivity index (χ1v) is 9.59. The SMILES string of the molecule is CC(C)CCCC1CC(C(C)(C)C)CCC1CNC1CC1. The molecule has 0 aromatic rings. The van der Waals surface area contributed by atoms with Crippen molar-refractivity contribution in [3.8, 4) is 0 Å². The summed E-state index contributed by atoms with van der Waals surface area (Å²) in [5, 5.41) is 3.81. The second kappa shape index (κ2) is 7.49. The van der Waals surface area contributed by atoms with Crippen molar-refractivity contribution in [2.75, 3.05) is 6.54 Å². The van der Waals surface area contributed by atoms with Crippen molar-refractivity contribution in [2.45, 2.75) is 92.0 Å². The maximum Gasteiger partial charge on any atom is 0.00683 e. The fraction of sp³-hybridized carbons (Fsp3) is 1.00. The second-order valence-corrected chi connectivity index (χ2v) is 9.40. The Hall–Kier alpha value is -0.0400. The van der Waals surface area contributed by atoms with Gasteiger partial charge in [0.15, 0.2) is 0 Å². The smallest absolute Gasteiger partial charge is 0.00683 e. The van der Waals surface area contributed by atoms with E-state index in [2.05, 4.69) is 39.9 Å². The van der Waals surface area contributed by atoms with Crippen molar-refractivity contribution < 1.29 is 0 Å². The van der Waals surface area contributed by atoms with Gasteiger partial charge in [-0.3, -0.25) is 0 Å². The average Bonchev–Trinajstić information content (AvgIpc) is 3.19. The van der Waals surface area contributed by atoms with Gasteiger partial charge in [-0.15, -0.1) is 0 Å². The summed E-state index contributed by atoms with van der Waals surface area (Å²) in [4.78, 5) is 0. The third-order valence-corrected chi connectivity index (χ3v) is 5.97. The molecule has 3 atom stereocenters. The molecule has 21 heavy (non-hydrogen) atoms. The Balaban J connectivity index is 1.85. The zero-order valence-electron chi connectivity index (χ0n) is 15.3. The Morgan fingerprint density at radius 2 is 1.71 bits per heavy atom. The van der Waals surface area contributed by atoms with E-state index in [1.165, 1.54) is 57.9 Å². The summed E-state index contributed by atoms with van der Waals surface area (Å²) >= 11 is 0. The fourth-order valence-corrected chi connectivity index (χ4v) is 4.13. The van der Waals surface area contributed by atoms with Crippen molar-refractivity contribution in [3.63, 3.8) is 0 Å². The van der Waals surface area contributed by atoms with E-state index in [0.717, 1.165) is 29.7 Å². The number of hydrogen-bond acceptors (Lipinski definition) is 1. The van der Waals surface area contributed by atoms with Crippen LogP contribution in [-0.2, 0) is 0 Å². The van der Waals surface area contributed by atoms with Gasteiger partial charge in [-0.1, -0.05) is 53.9 Å². The third-order valence-electron chi connectivity index (χ3n) is 5.97. The normalized spacial score (nSPS) is 30.9. The second-order valence-electron chi connectivity index (χ2n) is 9.40. The highest BCUT2D eigenvalue weighted by atomic mass is 14.9. The van der Waals surface area contributed by atoms with E-state index in [9.17, 15) is 0 Å². The molecule has 0 heterocycles. The van der Waals surface area contributed by atoms with Crippen LogP contribution >= 0.6 is 0 Å². The zero-order valence-corrected chi connectivity index (χ0v) is 15.3. The molecule has 1 nitrogen and oxygen atoms in total. The minimum atomic E-state index is 0.505. The molecule has 2 saturated carbocycles. The van der Waals surface area contributed by atoms with E-state index < -0.39 is 0 Å². The summed E-state index contributed by atoms with van der Waals surface area (Å²) < 4.78 is 0. The third kappa shape index (κ3) is 5.93. The molecule has 3 unspecified atom stereocenters. The van der Waals surface area contributed by atoms with Crippen LogP contribution in [0.2, 0.25) is 0 Å². The van der Waals surface area contributed by atoms with Crippen LogP contribution in [0.1, 0.15) is 86.0 Å². The first kappa shape index (κ1) is 17.3. The minimum absolute atomic E-state index is 0.505. The molecule has 2 fully saturated rings. The Morgan fingerprint density at radius 1 is 1.00 bits per heavy atom. The molecule has 0 aliphatic heterocycles. The van der Waals surface area contributed by atoms with E-state index in [0.29, 0.717) is 5.41 Å². The first-order chi connectivity index (χ1) is 9.86. The Labute approximate surface area is 133 Å². The summed E-state index contributed by atoms with van der Waals surface area (Å²) in [6, 6.07) is 0.877. The lowest BCUT2D eigenvalue weighted by Gasteiger charge is -2.42. The molecule has 0 aromatic heterocycles. The van der Waals surface area contributed by atoms with Gasteiger partial charge in [-0.25, -0.2) is 0 Å². The molecule has 0 aromatic carbocycles. The molecule has 0 saturated heterocycles. The van der Waals surface area contributed by atoms with Crippen molar-refractivity contribution in [1.29, 1.82) is 0 Å². The van der Waals surface area contributed by atoms with E-state index in [1.807, 2.05) is 0 Å². The first-order valence-electron chi connectivity index (χ1n) is 9.59. The van der Waals surface area contributed by atoms with Gasteiger partial charge in [0.1, 0.15) is 0 Å². The molecular formula is C20H39N. The zero-order chi connectivity index (χ0) is 15.5. The van der Waals surface area contributed by atoms with Crippen molar-refractivity contribution in [2.24, 2.45) is 29.1 Å². The molecule has 1 N–H and O–H groups in total. The molecular weight excluding hydrogens is 254 g/mol. The highest BCUT2D eigenvalue weighted by Crippen LogP contribution is 2.44. The molecule has 0 radical (unpaired) electrons. The van der Waals surface area contributed by atoms with E-state index in [4.69, 9.17) is 0 Å². The van der Waals surface area contributed by atoms with Crippen LogP contribution in [0.4, 0.5) is 0 Å². The number of nitrogens with one attached hydrogen (secondary N) is 1.